The van der Waals surface area contributed by atoms with Gasteiger partial charge in [0.05, 0.1) is 34.2 Å². The highest BCUT2D eigenvalue weighted by Crippen LogP contribution is 2.17. The predicted octanol–water partition coefficient (Wildman–Crippen LogP) is 0.818. The summed E-state index contributed by atoms with van der Waals surface area (Å²) in [6.07, 6.45) is -5.64. The van der Waals surface area contributed by atoms with E-state index in [9.17, 15) is 46.7 Å². The van der Waals surface area contributed by atoms with E-state index in [2.05, 4.69) is 25.4 Å². The molecule has 1 aromatic rings. The fourth-order valence-electron chi connectivity index (χ4n) is 4.19. The van der Waals surface area contributed by atoms with Crippen LogP contribution < -0.4 is 26.0 Å². The van der Waals surface area contributed by atoms with Crippen LogP contribution in [0.2, 0.25) is 0 Å². The Labute approximate surface area is 291 Å². The monoisotopic (exact) mass is 736 g/mol. The molecule has 0 aliphatic carbocycles. The van der Waals surface area contributed by atoms with Gasteiger partial charge in [0.15, 0.2) is 0 Å². The summed E-state index contributed by atoms with van der Waals surface area (Å²) >= 11 is 0.705. The van der Waals surface area contributed by atoms with Crippen molar-refractivity contribution in [2.24, 2.45) is 5.92 Å². The molecule has 15 nitrogen and oxygen atoms in total. The van der Waals surface area contributed by atoms with Gasteiger partial charge in [0.25, 0.3) is 0 Å². The van der Waals surface area contributed by atoms with Gasteiger partial charge in [-0.1, -0.05) is 32.4 Å². The minimum Gasteiger partial charge on any atom is -0.497 e. The number of esters is 3. The number of thioether (sulfide) groups is 1. The van der Waals surface area contributed by atoms with Gasteiger partial charge in [-0.05, 0) is 30.0 Å². The molecule has 0 radical (unpaired) electrons. The van der Waals surface area contributed by atoms with Crippen molar-refractivity contribution in [1.82, 2.24) is 21.3 Å². The standard InChI is InChI=1S/C31H43F3N4O11S/c1-7-17(2)25(28(43)35-20(29(44)49-6)12-13-23(39)47-4)38-26(41)21(14-18-8-10-19(46-3)11-9-18)36-27(42)22(15-50-16-24(40)48-5)37-30(45)31(32,33)34/h8-11,17,20-22,25H,7,12-16H2,1-6H3,(H,35,43)(H,36,42)(H,37,45)(H,38,41). The quantitative estimate of drug-likeness (QED) is 0.109. The summed E-state index contributed by atoms with van der Waals surface area (Å²) in [6.45, 7) is 3.35. The van der Waals surface area contributed by atoms with E-state index in [1.807, 2.05) is 0 Å². The Bertz CT molecular complexity index is 1330. The molecular weight excluding hydrogens is 693 g/mol. The maximum absolute atomic E-state index is 13.8. The maximum Gasteiger partial charge on any atom is 0.471 e. The number of rotatable bonds is 20. The van der Waals surface area contributed by atoms with Crippen LogP contribution in [0, 0.1) is 5.92 Å². The van der Waals surface area contributed by atoms with Gasteiger partial charge < -0.3 is 40.2 Å². The fourth-order valence-corrected chi connectivity index (χ4v) is 5.07. The van der Waals surface area contributed by atoms with Crippen molar-refractivity contribution in [1.29, 1.82) is 0 Å². The number of alkyl halides is 3. The third kappa shape index (κ3) is 14.9. The minimum atomic E-state index is -5.35. The molecule has 19 heteroatoms. The molecule has 280 valence electrons. The topological polar surface area (TPSA) is 205 Å². The molecule has 0 saturated heterocycles. The number of hydrogen-bond donors (Lipinski definition) is 4. The number of carbonyl (C=O) groups is 7. The highest BCUT2D eigenvalue weighted by molar-refractivity contribution is 8.00. The Balaban J connectivity index is 3.42. The van der Waals surface area contributed by atoms with Crippen LogP contribution in [0.1, 0.15) is 38.7 Å². The Morgan fingerprint density at radius 1 is 0.760 bits per heavy atom. The lowest BCUT2D eigenvalue weighted by molar-refractivity contribution is -0.174. The summed E-state index contributed by atoms with van der Waals surface area (Å²) in [7, 11) is 4.75. The lowest BCUT2D eigenvalue weighted by Crippen LogP contribution is -2.60. The van der Waals surface area contributed by atoms with Crippen LogP contribution in [0.5, 0.6) is 5.75 Å². The van der Waals surface area contributed by atoms with Crippen molar-refractivity contribution in [2.75, 3.05) is 39.9 Å². The number of methoxy groups -OCH3 is 4. The molecule has 0 aromatic heterocycles. The van der Waals surface area contributed by atoms with Crippen molar-refractivity contribution in [2.45, 2.75) is 69.9 Å². The first-order valence-electron chi connectivity index (χ1n) is 15.2. The summed E-state index contributed by atoms with van der Waals surface area (Å²) in [4.78, 5) is 88.0. The molecule has 4 amide bonds. The molecule has 0 heterocycles. The van der Waals surface area contributed by atoms with Crippen LogP contribution >= 0.6 is 11.8 Å². The first kappa shape index (κ1) is 43.5. The number of benzene rings is 1. The molecule has 50 heavy (non-hydrogen) atoms. The van der Waals surface area contributed by atoms with Crippen LogP contribution in [0.3, 0.4) is 0 Å². The van der Waals surface area contributed by atoms with E-state index in [-0.39, 0.29) is 25.0 Å². The normalized spacial score (nSPS) is 14.0. The number of hydrogen-bond acceptors (Lipinski definition) is 12. The van der Waals surface area contributed by atoms with Crippen molar-refractivity contribution in [3.63, 3.8) is 0 Å². The van der Waals surface area contributed by atoms with Gasteiger partial charge >= 0.3 is 30.0 Å². The molecule has 0 bridgehead atoms. The van der Waals surface area contributed by atoms with Crippen molar-refractivity contribution < 1.29 is 65.7 Å². The zero-order valence-electron chi connectivity index (χ0n) is 28.5. The molecule has 5 unspecified atom stereocenters. The molecule has 0 aliphatic rings. The lowest BCUT2D eigenvalue weighted by Gasteiger charge is -2.29. The fraction of sp³-hybridized carbons (Fsp3) is 0.581. The second-order valence-corrected chi connectivity index (χ2v) is 11.8. The molecule has 4 N–H and O–H groups in total. The third-order valence-corrected chi connectivity index (χ3v) is 8.31. The average Bonchev–Trinajstić information content (AvgIpc) is 3.09. The smallest absolute Gasteiger partial charge is 0.471 e. The number of ether oxygens (including phenoxy) is 4. The second-order valence-electron chi connectivity index (χ2n) is 10.8. The van der Waals surface area contributed by atoms with E-state index >= 15 is 0 Å². The molecule has 1 aromatic carbocycles. The molecular formula is C31H43F3N4O11S. The van der Waals surface area contributed by atoms with E-state index in [1.54, 1.807) is 43.4 Å². The van der Waals surface area contributed by atoms with Crippen LogP contribution in [0.15, 0.2) is 24.3 Å². The Morgan fingerprint density at radius 3 is 1.86 bits per heavy atom. The van der Waals surface area contributed by atoms with Crippen molar-refractivity contribution in [3.8, 4) is 5.75 Å². The van der Waals surface area contributed by atoms with E-state index in [1.165, 1.54) is 7.11 Å². The van der Waals surface area contributed by atoms with Gasteiger partial charge in [-0.2, -0.15) is 13.2 Å². The summed E-state index contributed by atoms with van der Waals surface area (Å²) in [5.74, 6) is -8.54. The summed E-state index contributed by atoms with van der Waals surface area (Å²) in [6, 6.07) is 0.325. The summed E-state index contributed by atoms with van der Waals surface area (Å²) in [5, 5.41) is 8.97. The molecule has 1 rings (SSSR count). The summed E-state index contributed by atoms with van der Waals surface area (Å²) < 4.78 is 58.3. The van der Waals surface area contributed by atoms with E-state index in [4.69, 9.17) is 9.47 Å². The molecule has 0 spiro atoms. The van der Waals surface area contributed by atoms with Crippen molar-refractivity contribution in [3.05, 3.63) is 29.8 Å². The largest absolute Gasteiger partial charge is 0.497 e. The Morgan fingerprint density at radius 2 is 1.34 bits per heavy atom. The zero-order chi connectivity index (χ0) is 38.0. The van der Waals surface area contributed by atoms with Crippen LogP contribution in [-0.4, -0.2) is 112 Å². The Kier molecular flexibility index (Phi) is 18.7. The van der Waals surface area contributed by atoms with E-state index < -0.39 is 83.6 Å². The van der Waals surface area contributed by atoms with Crippen molar-refractivity contribution >= 4 is 53.3 Å². The van der Waals surface area contributed by atoms with E-state index in [0.717, 1.165) is 21.3 Å². The molecule has 0 saturated carbocycles. The highest BCUT2D eigenvalue weighted by atomic mass is 32.2. The van der Waals surface area contributed by atoms with Gasteiger partial charge in [-0.15, -0.1) is 11.8 Å². The summed E-state index contributed by atoms with van der Waals surface area (Å²) in [5.41, 5.74) is 0.473. The van der Waals surface area contributed by atoms with Gasteiger partial charge in [0, 0.05) is 18.6 Å². The first-order chi connectivity index (χ1) is 23.5. The number of nitrogens with one attached hydrogen (secondary N) is 4. The highest BCUT2D eigenvalue weighted by Gasteiger charge is 2.41. The Hall–Kier alpha value is -4.55. The lowest BCUT2D eigenvalue weighted by atomic mass is 9.96. The molecule has 0 aliphatic heterocycles. The maximum atomic E-state index is 13.8. The van der Waals surface area contributed by atoms with Crippen LogP contribution in [0.25, 0.3) is 0 Å². The van der Waals surface area contributed by atoms with Crippen LogP contribution in [-0.2, 0) is 54.2 Å². The molecule has 5 atom stereocenters. The molecule has 0 fully saturated rings. The number of carbonyl (C=O) groups excluding carboxylic acids is 7. The third-order valence-electron chi connectivity index (χ3n) is 7.30. The average molecular weight is 737 g/mol. The first-order valence-corrected chi connectivity index (χ1v) is 16.4. The van der Waals surface area contributed by atoms with Gasteiger partial charge in [0.1, 0.15) is 29.9 Å². The van der Waals surface area contributed by atoms with Gasteiger partial charge in [0.2, 0.25) is 17.7 Å². The zero-order valence-corrected chi connectivity index (χ0v) is 29.3. The minimum absolute atomic E-state index is 0.179. The second kappa shape index (κ2) is 21.5. The van der Waals surface area contributed by atoms with E-state index in [0.29, 0.717) is 29.5 Å². The van der Waals surface area contributed by atoms with Gasteiger partial charge in [-0.25, -0.2) is 4.79 Å². The van der Waals surface area contributed by atoms with Crippen LogP contribution in [0.4, 0.5) is 13.2 Å². The SMILES string of the molecule is CCC(C)C(NC(=O)C(Cc1ccc(OC)cc1)NC(=O)C(CSCC(=O)OC)NC(=O)C(F)(F)F)C(=O)NC(CCC(=O)OC)C(=O)OC. The van der Waals surface area contributed by atoms with Gasteiger partial charge in [-0.3, -0.25) is 28.8 Å². The predicted molar refractivity (Wildman–Crippen MR) is 173 cm³/mol. The number of halogens is 3. The number of amides is 4.